The monoisotopic (exact) mass is 480 g/mol. The third-order valence-electron chi connectivity index (χ3n) is 4.71. The van der Waals surface area contributed by atoms with E-state index in [-0.39, 0.29) is 37.6 Å². The van der Waals surface area contributed by atoms with Crippen LogP contribution in [0, 0.1) is 22.7 Å². The van der Waals surface area contributed by atoms with Crippen LogP contribution < -0.4 is 4.74 Å². The first kappa shape index (κ1) is 24.1. The molecule has 0 spiro atoms. The number of carbonyl (C=O) groups excluding carboxylic acids is 1. The van der Waals surface area contributed by atoms with Gasteiger partial charge in [-0.05, 0) is 36.4 Å². The van der Waals surface area contributed by atoms with Crippen molar-refractivity contribution in [2.75, 3.05) is 26.0 Å². The smallest absolute Gasteiger partial charge is 0.233 e. The van der Waals surface area contributed by atoms with Crippen molar-refractivity contribution in [1.29, 1.82) is 10.5 Å². The zero-order valence-electron chi connectivity index (χ0n) is 17.9. The van der Waals surface area contributed by atoms with Crippen molar-refractivity contribution in [2.24, 2.45) is 0 Å². The number of methoxy groups -OCH3 is 1. The first-order valence-electron chi connectivity index (χ1n) is 10.1. The van der Waals surface area contributed by atoms with Crippen molar-refractivity contribution >= 4 is 29.3 Å². The molecule has 0 radical (unpaired) electrons. The number of nitrogens with zero attached hydrogens (tertiary/aromatic N) is 6. The molecule has 0 unspecified atom stereocenters. The Hall–Kier alpha value is -3.53. The summed E-state index contributed by atoms with van der Waals surface area (Å²) >= 11 is 7.31. The summed E-state index contributed by atoms with van der Waals surface area (Å²) in [5.41, 5.74) is 1.60. The van der Waals surface area contributed by atoms with E-state index in [1.807, 2.05) is 53.1 Å². The Kier molecular flexibility index (Phi) is 8.71. The molecule has 0 saturated carbocycles. The van der Waals surface area contributed by atoms with E-state index in [1.165, 1.54) is 16.7 Å². The fourth-order valence-electron chi connectivity index (χ4n) is 3.08. The molecule has 0 aliphatic heterocycles. The van der Waals surface area contributed by atoms with E-state index in [0.717, 1.165) is 11.3 Å². The van der Waals surface area contributed by atoms with Gasteiger partial charge < -0.3 is 9.64 Å². The molecule has 0 atom stereocenters. The molecule has 2 aromatic carbocycles. The molecule has 0 fully saturated rings. The number of hydrogen-bond acceptors (Lipinski definition) is 7. The van der Waals surface area contributed by atoms with Crippen LogP contribution in [0.3, 0.4) is 0 Å². The molecule has 3 rings (SSSR count). The van der Waals surface area contributed by atoms with Crippen LogP contribution in [0.15, 0.2) is 53.7 Å². The fraction of sp³-hybridized carbons (Fsp3) is 0.261. The predicted octanol–water partition coefficient (Wildman–Crippen LogP) is 4.34. The Bertz CT molecular complexity index is 1160. The highest BCUT2D eigenvalue weighted by atomic mass is 35.5. The molecule has 3 aromatic rings. The number of nitriles is 2. The SMILES string of the molecule is COc1cccc(-c2nnc(SCC(=O)N(CCC#N)CCC#N)n2-c2ccc(Cl)cc2)c1. The Morgan fingerprint density at radius 1 is 1.12 bits per heavy atom. The maximum Gasteiger partial charge on any atom is 0.233 e. The summed E-state index contributed by atoms with van der Waals surface area (Å²) in [5.74, 6) is 1.21. The second-order valence-corrected chi connectivity index (χ2v) is 8.21. The van der Waals surface area contributed by atoms with Crippen molar-refractivity contribution in [3.8, 4) is 35.0 Å². The van der Waals surface area contributed by atoms with Crippen LogP contribution in [-0.4, -0.2) is 51.5 Å². The van der Waals surface area contributed by atoms with Gasteiger partial charge >= 0.3 is 0 Å². The van der Waals surface area contributed by atoms with Crippen LogP contribution in [0.2, 0.25) is 5.02 Å². The van der Waals surface area contributed by atoms with Gasteiger partial charge in [-0.15, -0.1) is 10.2 Å². The zero-order valence-corrected chi connectivity index (χ0v) is 19.5. The minimum Gasteiger partial charge on any atom is -0.497 e. The summed E-state index contributed by atoms with van der Waals surface area (Å²) in [6.45, 7) is 0.576. The van der Waals surface area contributed by atoms with E-state index in [1.54, 1.807) is 19.2 Å². The van der Waals surface area contributed by atoms with Gasteiger partial charge in [-0.25, -0.2) is 0 Å². The molecule has 1 aromatic heterocycles. The average Bonchev–Trinajstić information content (AvgIpc) is 3.27. The van der Waals surface area contributed by atoms with Gasteiger partial charge in [0.25, 0.3) is 0 Å². The third kappa shape index (κ3) is 6.26. The van der Waals surface area contributed by atoms with Gasteiger partial charge in [0, 0.05) is 29.4 Å². The van der Waals surface area contributed by atoms with E-state index < -0.39 is 0 Å². The fourth-order valence-corrected chi connectivity index (χ4v) is 4.06. The standard InChI is InChI=1S/C23H21ClN6O2S/c1-32-20-6-2-5-17(15-20)22-27-28-23(30(22)19-9-7-18(24)8-10-19)33-16-21(31)29(13-3-11-25)14-4-12-26/h2,5-10,15H,3-4,13-14,16H2,1H3. The second kappa shape index (κ2) is 11.9. The number of aromatic nitrogens is 3. The third-order valence-corrected chi connectivity index (χ3v) is 5.88. The summed E-state index contributed by atoms with van der Waals surface area (Å²) < 4.78 is 7.20. The van der Waals surface area contributed by atoms with Crippen LogP contribution in [0.1, 0.15) is 12.8 Å². The van der Waals surface area contributed by atoms with Crippen molar-refractivity contribution in [3.63, 3.8) is 0 Å². The van der Waals surface area contributed by atoms with E-state index >= 15 is 0 Å². The minimum absolute atomic E-state index is 0.0979. The van der Waals surface area contributed by atoms with E-state index in [2.05, 4.69) is 10.2 Å². The van der Waals surface area contributed by atoms with E-state index in [0.29, 0.717) is 21.8 Å². The molecule has 0 aliphatic carbocycles. The molecular formula is C23H21ClN6O2S. The number of ether oxygens (including phenoxy) is 1. The lowest BCUT2D eigenvalue weighted by Gasteiger charge is -2.20. The maximum atomic E-state index is 12.8. The minimum atomic E-state index is -0.168. The van der Waals surface area contributed by atoms with Crippen LogP contribution >= 0.6 is 23.4 Å². The molecule has 33 heavy (non-hydrogen) atoms. The highest BCUT2D eigenvalue weighted by molar-refractivity contribution is 7.99. The molecule has 0 N–H and O–H groups in total. The number of carbonyl (C=O) groups is 1. The Morgan fingerprint density at radius 2 is 1.82 bits per heavy atom. The van der Waals surface area contributed by atoms with Gasteiger partial charge in [0.05, 0.1) is 37.8 Å². The Morgan fingerprint density at radius 3 is 2.45 bits per heavy atom. The number of benzene rings is 2. The van der Waals surface area contributed by atoms with Gasteiger partial charge in [-0.1, -0.05) is 35.5 Å². The lowest BCUT2D eigenvalue weighted by Crippen LogP contribution is -2.34. The van der Waals surface area contributed by atoms with E-state index in [4.69, 9.17) is 26.9 Å². The molecule has 0 saturated heterocycles. The summed E-state index contributed by atoms with van der Waals surface area (Å²) in [5, 5.41) is 27.6. The van der Waals surface area contributed by atoms with Crippen LogP contribution in [0.5, 0.6) is 5.75 Å². The Labute approximate surface area is 201 Å². The Balaban J connectivity index is 1.91. The molecule has 1 heterocycles. The molecule has 168 valence electrons. The van der Waals surface area contributed by atoms with Gasteiger partial charge in [0.15, 0.2) is 11.0 Å². The van der Waals surface area contributed by atoms with Crippen LogP contribution in [0.25, 0.3) is 17.1 Å². The summed E-state index contributed by atoms with van der Waals surface area (Å²) in [7, 11) is 1.60. The molecular weight excluding hydrogens is 460 g/mol. The molecule has 8 nitrogen and oxygen atoms in total. The molecule has 1 amide bonds. The second-order valence-electron chi connectivity index (χ2n) is 6.84. The van der Waals surface area contributed by atoms with Crippen molar-refractivity contribution in [2.45, 2.75) is 18.0 Å². The normalized spacial score (nSPS) is 10.3. The van der Waals surface area contributed by atoms with Gasteiger partial charge in [0.2, 0.25) is 5.91 Å². The summed E-state index contributed by atoms with van der Waals surface area (Å²) in [6.07, 6.45) is 0.422. The lowest BCUT2D eigenvalue weighted by atomic mass is 10.2. The number of hydrogen-bond donors (Lipinski definition) is 0. The predicted molar refractivity (Wildman–Crippen MR) is 126 cm³/mol. The van der Waals surface area contributed by atoms with Crippen molar-refractivity contribution < 1.29 is 9.53 Å². The quantitative estimate of drug-likeness (QED) is 0.397. The highest BCUT2D eigenvalue weighted by Gasteiger charge is 2.20. The molecule has 0 aliphatic rings. The van der Waals surface area contributed by atoms with Crippen LogP contribution in [-0.2, 0) is 4.79 Å². The van der Waals surface area contributed by atoms with Crippen molar-refractivity contribution in [1.82, 2.24) is 19.7 Å². The highest BCUT2D eigenvalue weighted by Crippen LogP contribution is 2.30. The maximum absolute atomic E-state index is 12.8. The van der Waals surface area contributed by atoms with Crippen LogP contribution in [0.4, 0.5) is 0 Å². The van der Waals surface area contributed by atoms with E-state index in [9.17, 15) is 4.79 Å². The number of thioether (sulfide) groups is 1. The lowest BCUT2D eigenvalue weighted by molar-refractivity contribution is -0.128. The first-order valence-corrected chi connectivity index (χ1v) is 11.4. The molecule has 0 bridgehead atoms. The number of halogens is 1. The number of rotatable bonds is 10. The van der Waals surface area contributed by atoms with Gasteiger partial charge in [-0.2, -0.15) is 10.5 Å². The summed E-state index contributed by atoms with van der Waals surface area (Å²) in [6, 6.07) is 18.8. The largest absolute Gasteiger partial charge is 0.497 e. The summed E-state index contributed by atoms with van der Waals surface area (Å²) in [4.78, 5) is 14.3. The average molecular weight is 481 g/mol. The van der Waals surface area contributed by atoms with Gasteiger partial charge in [0.1, 0.15) is 5.75 Å². The molecule has 10 heteroatoms. The van der Waals surface area contributed by atoms with Gasteiger partial charge in [-0.3, -0.25) is 9.36 Å². The first-order chi connectivity index (χ1) is 16.1. The number of amides is 1. The topological polar surface area (TPSA) is 108 Å². The van der Waals surface area contributed by atoms with Crippen molar-refractivity contribution in [3.05, 3.63) is 53.6 Å². The zero-order chi connectivity index (χ0) is 23.6.